The second-order valence-electron chi connectivity index (χ2n) is 6.37. The van der Waals surface area contributed by atoms with Crippen LogP contribution in [0.25, 0.3) is 0 Å². The molecular formula is C19H20F2N2O4S. The van der Waals surface area contributed by atoms with Gasteiger partial charge in [-0.15, -0.1) is 11.3 Å². The van der Waals surface area contributed by atoms with Gasteiger partial charge in [0, 0.05) is 11.8 Å². The minimum Gasteiger partial charge on any atom is -0.451 e. The number of hydrogen-bond donors (Lipinski definition) is 2. The maximum absolute atomic E-state index is 13.2. The lowest BCUT2D eigenvalue weighted by Crippen LogP contribution is -2.47. The molecule has 0 aliphatic carbocycles. The maximum Gasteiger partial charge on any atom is 0.329 e. The van der Waals surface area contributed by atoms with Gasteiger partial charge in [-0.2, -0.15) is 0 Å². The highest BCUT2D eigenvalue weighted by molar-refractivity contribution is 7.12. The van der Waals surface area contributed by atoms with E-state index >= 15 is 0 Å². The number of ether oxygens (including phenoxy) is 1. The third kappa shape index (κ3) is 5.59. The Kier molecular flexibility index (Phi) is 7.22. The number of esters is 1. The molecule has 1 aromatic carbocycles. The third-order valence-corrected chi connectivity index (χ3v) is 4.67. The Morgan fingerprint density at radius 1 is 1.07 bits per heavy atom. The van der Waals surface area contributed by atoms with Crippen molar-refractivity contribution in [3.05, 3.63) is 52.2 Å². The third-order valence-electron chi connectivity index (χ3n) is 3.80. The molecule has 0 fully saturated rings. The zero-order valence-corrected chi connectivity index (χ0v) is 16.3. The fourth-order valence-corrected chi connectivity index (χ4v) is 2.86. The van der Waals surface area contributed by atoms with E-state index < -0.39 is 41.6 Å². The Hall–Kier alpha value is -2.81. The molecule has 2 rings (SSSR count). The smallest absolute Gasteiger partial charge is 0.329 e. The average molecular weight is 410 g/mol. The lowest BCUT2D eigenvalue weighted by molar-refractivity contribution is -0.156. The zero-order chi connectivity index (χ0) is 20.8. The minimum absolute atomic E-state index is 0.0261. The van der Waals surface area contributed by atoms with Crippen LogP contribution in [0.5, 0.6) is 0 Å². The molecule has 0 aliphatic heterocycles. The van der Waals surface area contributed by atoms with Gasteiger partial charge in [0.2, 0.25) is 0 Å². The van der Waals surface area contributed by atoms with Gasteiger partial charge in [-0.05, 0) is 36.4 Å². The van der Waals surface area contributed by atoms with Crippen molar-refractivity contribution < 1.29 is 27.9 Å². The van der Waals surface area contributed by atoms with E-state index in [1.54, 1.807) is 31.4 Å². The van der Waals surface area contributed by atoms with Crippen LogP contribution in [0.3, 0.4) is 0 Å². The molecule has 1 aromatic heterocycles. The van der Waals surface area contributed by atoms with Gasteiger partial charge in [0.15, 0.2) is 17.7 Å². The lowest BCUT2D eigenvalue weighted by Gasteiger charge is -2.22. The molecule has 2 amide bonds. The summed E-state index contributed by atoms with van der Waals surface area (Å²) in [6.45, 7) is 4.80. The van der Waals surface area contributed by atoms with E-state index in [2.05, 4.69) is 10.6 Å². The average Bonchev–Trinajstić information content (AvgIpc) is 3.16. The SMILES string of the molecule is CC(C)[C@@H](NC(=O)c1cccs1)C(=O)O[C@@H](C)C(=O)Nc1ccc(F)c(F)c1. The molecule has 2 atom stereocenters. The molecule has 1 heterocycles. The molecule has 0 unspecified atom stereocenters. The molecule has 0 saturated carbocycles. The summed E-state index contributed by atoms with van der Waals surface area (Å²) in [5, 5.41) is 6.68. The molecule has 2 aromatic rings. The van der Waals surface area contributed by atoms with Crippen LogP contribution in [0, 0.1) is 17.6 Å². The van der Waals surface area contributed by atoms with Crippen molar-refractivity contribution in [2.45, 2.75) is 32.9 Å². The van der Waals surface area contributed by atoms with Crippen LogP contribution in [0.2, 0.25) is 0 Å². The van der Waals surface area contributed by atoms with Crippen molar-refractivity contribution in [2.24, 2.45) is 5.92 Å². The number of thiophene rings is 1. The Morgan fingerprint density at radius 2 is 1.79 bits per heavy atom. The second kappa shape index (κ2) is 9.41. The summed E-state index contributed by atoms with van der Waals surface area (Å²) >= 11 is 1.23. The highest BCUT2D eigenvalue weighted by Gasteiger charge is 2.29. The number of nitrogens with one attached hydrogen (secondary N) is 2. The number of benzene rings is 1. The summed E-state index contributed by atoms with van der Waals surface area (Å²) < 4.78 is 31.3. The van der Waals surface area contributed by atoms with Crippen LogP contribution < -0.4 is 10.6 Å². The summed E-state index contributed by atoms with van der Waals surface area (Å²) in [6, 6.07) is 5.26. The number of hydrogen-bond acceptors (Lipinski definition) is 5. The van der Waals surface area contributed by atoms with Crippen molar-refractivity contribution in [3.63, 3.8) is 0 Å². The number of carbonyl (C=O) groups is 3. The first kappa shape index (κ1) is 21.5. The molecule has 28 heavy (non-hydrogen) atoms. The van der Waals surface area contributed by atoms with Crippen LogP contribution in [0.4, 0.5) is 14.5 Å². The predicted molar refractivity (Wildman–Crippen MR) is 101 cm³/mol. The van der Waals surface area contributed by atoms with E-state index in [0.717, 1.165) is 12.1 Å². The summed E-state index contributed by atoms with van der Waals surface area (Å²) in [5.41, 5.74) is 0.0261. The van der Waals surface area contributed by atoms with Gasteiger partial charge in [0.25, 0.3) is 11.8 Å². The minimum atomic E-state index is -1.21. The van der Waals surface area contributed by atoms with Gasteiger partial charge < -0.3 is 15.4 Å². The topological polar surface area (TPSA) is 84.5 Å². The van der Waals surface area contributed by atoms with E-state index in [-0.39, 0.29) is 11.6 Å². The van der Waals surface area contributed by atoms with E-state index in [1.165, 1.54) is 24.3 Å². The van der Waals surface area contributed by atoms with Gasteiger partial charge in [-0.1, -0.05) is 19.9 Å². The largest absolute Gasteiger partial charge is 0.451 e. The first-order valence-electron chi connectivity index (χ1n) is 8.49. The molecule has 9 heteroatoms. The number of carbonyl (C=O) groups excluding carboxylic acids is 3. The van der Waals surface area contributed by atoms with E-state index in [4.69, 9.17) is 4.74 Å². The fraction of sp³-hybridized carbons (Fsp3) is 0.316. The molecule has 150 valence electrons. The normalized spacial score (nSPS) is 12.9. The Balaban J connectivity index is 1.98. The fourth-order valence-electron chi connectivity index (χ4n) is 2.24. The molecule has 0 radical (unpaired) electrons. The van der Waals surface area contributed by atoms with E-state index in [1.807, 2.05) is 0 Å². The second-order valence-corrected chi connectivity index (χ2v) is 7.32. The van der Waals surface area contributed by atoms with Crippen molar-refractivity contribution in [1.82, 2.24) is 5.32 Å². The first-order chi connectivity index (χ1) is 13.2. The first-order valence-corrected chi connectivity index (χ1v) is 9.37. The van der Waals surface area contributed by atoms with Crippen LogP contribution >= 0.6 is 11.3 Å². The van der Waals surface area contributed by atoms with Gasteiger partial charge in [-0.25, -0.2) is 13.6 Å². The predicted octanol–water partition coefficient (Wildman–Crippen LogP) is 3.35. The standard InChI is InChI=1S/C19H20F2N2O4S/c1-10(2)16(23-18(25)15-5-4-8-28-15)19(26)27-11(3)17(24)22-12-6-7-13(20)14(21)9-12/h4-11,16H,1-3H3,(H,22,24)(H,23,25)/t11-,16+/m0/s1. The summed E-state index contributed by atoms with van der Waals surface area (Å²) in [6.07, 6.45) is -1.21. The van der Waals surface area contributed by atoms with Crippen molar-refractivity contribution in [1.29, 1.82) is 0 Å². The number of rotatable bonds is 7. The molecule has 2 N–H and O–H groups in total. The van der Waals surface area contributed by atoms with E-state index in [0.29, 0.717) is 4.88 Å². The molecule has 0 aliphatic rings. The highest BCUT2D eigenvalue weighted by atomic mass is 32.1. The van der Waals surface area contributed by atoms with Crippen LogP contribution in [0.1, 0.15) is 30.4 Å². The van der Waals surface area contributed by atoms with Gasteiger partial charge in [0.05, 0.1) is 4.88 Å². The Morgan fingerprint density at radius 3 is 2.36 bits per heavy atom. The molecular weight excluding hydrogens is 390 g/mol. The van der Waals surface area contributed by atoms with Gasteiger partial charge in [-0.3, -0.25) is 9.59 Å². The van der Waals surface area contributed by atoms with Crippen LogP contribution in [0.15, 0.2) is 35.7 Å². The summed E-state index contributed by atoms with van der Waals surface area (Å²) in [5.74, 6) is -4.33. The quantitative estimate of drug-likeness (QED) is 0.686. The molecule has 0 spiro atoms. The lowest BCUT2D eigenvalue weighted by atomic mass is 10.0. The Bertz CT molecular complexity index is 856. The summed E-state index contributed by atoms with van der Waals surface area (Å²) in [7, 11) is 0. The van der Waals surface area contributed by atoms with Crippen LogP contribution in [-0.2, 0) is 14.3 Å². The molecule has 0 bridgehead atoms. The monoisotopic (exact) mass is 410 g/mol. The Labute approximate surface area is 164 Å². The number of halogens is 2. The molecule has 6 nitrogen and oxygen atoms in total. The maximum atomic E-state index is 13.2. The zero-order valence-electron chi connectivity index (χ0n) is 15.5. The molecule has 0 saturated heterocycles. The van der Waals surface area contributed by atoms with Crippen LogP contribution in [-0.4, -0.2) is 29.9 Å². The number of amides is 2. The van der Waals surface area contributed by atoms with E-state index in [9.17, 15) is 23.2 Å². The van der Waals surface area contributed by atoms with Crippen molar-refractivity contribution in [3.8, 4) is 0 Å². The van der Waals surface area contributed by atoms with Gasteiger partial charge in [0.1, 0.15) is 6.04 Å². The summed E-state index contributed by atoms with van der Waals surface area (Å²) in [4.78, 5) is 37.2. The van der Waals surface area contributed by atoms with Crippen molar-refractivity contribution in [2.75, 3.05) is 5.32 Å². The number of anilines is 1. The van der Waals surface area contributed by atoms with Crippen molar-refractivity contribution >= 4 is 34.8 Å². The highest BCUT2D eigenvalue weighted by Crippen LogP contribution is 2.15. The van der Waals surface area contributed by atoms with Gasteiger partial charge >= 0.3 is 5.97 Å².